The van der Waals surface area contributed by atoms with Gasteiger partial charge in [0.05, 0.1) is 22.7 Å². The van der Waals surface area contributed by atoms with E-state index in [0.29, 0.717) is 29.9 Å². The van der Waals surface area contributed by atoms with Crippen molar-refractivity contribution in [2.24, 2.45) is 0 Å². The van der Waals surface area contributed by atoms with Gasteiger partial charge in [0.2, 0.25) is 0 Å². The molecule has 8 nitrogen and oxygen atoms in total. The summed E-state index contributed by atoms with van der Waals surface area (Å²) in [7, 11) is 0. The van der Waals surface area contributed by atoms with Crippen molar-refractivity contribution in [2.45, 2.75) is 68.5 Å². The van der Waals surface area contributed by atoms with Crippen LogP contribution in [0, 0.1) is 5.82 Å². The molecule has 3 N–H and O–H groups in total. The lowest BCUT2D eigenvalue weighted by Crippen LogP contribution is -2.62. The van der Waals surface area contributed by atoms with Gasteiger partial charge >= 0.3 is 6.01 Å². The zero-order valence-electron chi connectivity index (χ0n) is 24.2. The minimum atomic E-state index is -0.565. The SMILES string of the molecule is OC[C@]12CCC(CNC1)N2c1nc(OCC23CCCN2CCC3)nc2c(F)c(-c3cc(O)cc4c3C=CCC4)c(Cl)cc12. The second kappa shape index (κ2) is 10.3. The van der Waals surface area contributed by atoms with Gasteiger partial charge in [-0.1, -0.05) is 23.8 Å². The van der Waals surface area contributed by atoms with E-state index in [1.165, 1.54) is 0 Å². The monoisotopic (exact) mass is 605 g/mol. The zero-order chi connectivity index (χ0) is 29.3. The number of allylic oxidation sites excluding steroid dienone is 1. The van der Waals surface area contributed by atoms with Crippen molar-refractivity contribution in [3.63, 3.8) is 0 Å². The van der Waals surface area contributed by atoms with E-state index in [4.69, 9.17) is 26.3 Å². The molecule has 10 heteroatoms. The smallest absolute Gasteiger partial charge is 0.319 e. The summed E-state index contributed by atoms with van der Waals surface area (Å²) < 4.78 is 23.4. The Balaban J connectivity index is 1.31. The first-order chi connectivity index (χ1) is 20.9. The van der Waals surface area contributed by atoms with Gasteiger partial charge in [0.25, 0.3) is 0 Å². The molecule has 4 saturated heterocycles. The van der Waals surface area contributed by atoms with Crippen LogP contribution in [0.15, 0.2) is 24.3 Å². The highest BCUT2D eigenvalue weighted by Gasteiger charge is 2.50. The molecule has 1 unspecified atom stereocenters. The summed E-state index contributed by atoms with van der Waals surface area (Å²) in [5, 5.41) is 25.4. The van der Waals surface area contributed by atoms with E-state index >= 15 is 4.39 Å². The van der Waals surface area contributed by atoms with Gasteiger partial charge in [-0.15, -0.1) is 0 Å². The van der Waals surface area contributed by atoms with Crippen LogP contribution >= 0.6 is 11.6 Å². The molecule has 0 radical (unpaired) electrons. The molecule has 0 saturated carbocycles. The number of halogens is 2. The van der Waals surface area contributed by atoms with E-state index in [1.807, 2.05) is 6.08 Å². The van der Waals surface area contributed by atoms with Crippen molar-refractivity contribution in [2.75, 3.05) is 44.3 Å². The molecule has 4 fully saturated rings. The van der Waals surface area contributed by atoms with Crippen LogP contribution in [0.1, 0.15) is 56.1 Å². The van der Waals surface area contributed by atoms with E-state index in [2.05, 4.69) is 21.2 Å². The molecule has 226 valence electrons. The predicted octanol–water partition coefficient (Wildman–Crippen LogP) is 5.06. The standard InChI is InChI=1S/C33H37ClFN5O3/c34-26-15-25-29(28(35)27(26)24-14-22(42)13-20-5-1-2-6-23(20)24)37-31(43-19-32-8-3-11-39(32)12-4-9-32)38-30(25)40-21-7-10-33(40,18-41)17-36-16-21/h2,6,13-15,21,36,41-42H,1,3-5,7-12,16-19H2/t21?,33-/m0/s1. The zero-order valence-corrected chi connectivity index (χ0v) is 25.0. The van der Waals surface area contributed by atoms with Gasteiger partial charge < -0.3 is 25.2 Å². The Kier molecular flexibility index (Phi) is 6.60. The van der Waals surface area contributed by atoms with Crippen LogP contribution in [0.3, 0.4) is 0 Å². The molecule has 0 spiro atoms. The maximum atomic E-state index is 17.0. The number of piperazine rings is 1. The van der Waals surface area contributed by atoms with Crippen molar-refractivity contribution in [3.8, 4) is 22.9 Å². The van der Waals surface area contributed by atoms with E-state index < -0.39 is 11.4 Å². The molecule has 4 aliphatic heterocycles. The van der Waals surface area contributed by atoms with Crippen molar-refractivity contribution >= 4 is 34.4 Å². The number of anilines is 1. The first-order valence-corrected chi connectivity index (χ1v) is 16.0. The average molecular weight is 606 g/mol. The third-order valence-electron chi connectivity index (χ3n) is 10.7. The van der Waals surface area contributed by atoms with Crippen LogP contribution in [0.4, 0.5) is 10.2 Å². The number of phenols is 1. The van der Waals surface area contributed by atoms with Gasteiger partial charge in [-0.25, -0.2) is 4.39 Å². The first-order valence-electron chi connectivity index (χ1n) is 15.6. The molecule has 2 aromatic carbocycles. The summed E-state index contributed by atoms with van der Waals surface area (Å²) in [5.41, 5.74) is 2.13. The van der Waals surface area contributed by atoms with Crippen molar-refractivity contribution in [1.29, 1.82) is 0 Å². The molecular formula is C33H37ClFN5O3. The maximum Gasteiger partial charge on any atom is 0.319 e. The Labute approximate surface area is 255 Å². The number of aliphatic hydroxyl groups excluding tert-OH is 1. The highest BCUT2D eigenvalue weighted by Crippen LogP contribution is 2.47. The number of hydrogen-bond acceptors (Lipinski definition) is 8. The number of benzene rings is 2. The fourth-order valence-corrected chi connectivity index (χ4v) is 8.88. The van der Waals surface area contributed by atoms with Gasteiger partial charge in [0, 0.05) is 30.1 Å². The van der Waals surface area contributed by atoms with E-state index in [0.717, 1.165) is 82.1 Å². The topological polar surface area (TPSA) is 94.0 Å². The Morgan fingerprint density at radius 3 is 2.77 bits per heavy atom. The molecule has 5 heterocycles. The summed E-state index contributed by atoms with van der Waals surface area (Å²) in [5.74, 6) is 0.0616. The number of phenolic OH excluding ortho intramolecular Hbond substituents is 1. The fraction of sp³-hybridized carbons (Fsp3) is 0.515. The van der Waals surface area contributed by atoms with Crippen LogP contribution in [0.5, 0.6) is 11.8 Å². The van der Waals surface area contributed by atoms with Gasteiger partial charge in [-0.2, -0.15) is 9.97 Å². The Morgan fingerprint density at radius 2 is 1.95 bits per heavy atom. The van der Waals surface area contributed by atoms with Crippen LogP contribution < -0.4 is 15.0 Å². The van der Waals surface area contributed by atoms with Crippen LogP contribution in [0.25, 0.3) is 28.1 Å². The lowest BCUT2D eigenvalue weighted by atomic mass is 9.89. The lowest BCUT2D eigenvalue weighted by molar-refractivity contribution is 0.107. The van der Waals surface area contributed by atoms with Gasteiger partial charge in [-0.05, 0) is 99.3 Å². The number of nitrogens with zero attached hydrogens (tertiary/aromatic N) is 4. The van der Waals surface area contributed by atoms with E-state index in [1.54, 1.807) is 18.2 Å². The average Bonchev–Trinajstić information content (AvgIpc) is 3.65. The van der Waals surface area contributed by atoms with Crippen molar-refractivity contribution in [3.05, 3.63) is 46.2 Å². The first kappa shape index (κ1) is 27.6. The summed E-state index contributed by atoms with van der Waals surface area (Å²) in [6.07, 6.45) is 11.8. The second-order valence-corrected chi connectivity index (χ2v) is 13.5. The second-order valence-electron chi connectivity index (χ2n) is 13.1. The quantitative estimate of drug-likeness (QED) is 0.359. The number of hydrogen-bond donors (Lipinski definition) is 3. The molecule has 1 aromatic heterocycles. The molecule has 1 aliphatic carbocycles. The highest BCUT2D eigenvalue weighted by molar-refractivity contribution is 6.34. The number of aliphatic hydroxyl groups is 1. The molecular weight excluding hydrogens is 569 g/mol. The van der Waals surface area contributed by atoms with E-state index in [9.17, 15) is 10.2 Å². The Hall–Kier alpha value is -2.98. The van der Waals surface area contributed by atoms with Gasteiger partial charge in [0.15, 0.2) is 5.82 Å². The van der Waals surface area contributed by atoms with E-state index in [-0.39, 0.29) is 46.1 Å². The molecule has 3 aromatic rings. The highest BCUT2D eigenvalue weighted by atomic mass is 35.5. The number of aromatic hydroxyl groups is 1. The lowest BCUT2D eigenvalue weighted by Gasteiger charge is -2.45. The molecule has 0 amide bonds. The predicted molar refractivity (Wildman–Crippen MR) is 165 cm³/mol. The molecule has 2 bridgehead atoms. The summed E-state index contributed by atoms with van der Waals surface area (Å²) in [4.78, 5) is 14.4. The molecule has 8 rings (SSSR count). The number of fused-ring (bicyclic) bond motifs is 5. The molecule has 43 heavy (non-hydrogen) atoms. The van der Waals surface area contributed by atoms with Crippen LogP contribution in [0.2, 0.25) is 5.02 Å². The van der Waals surface area contributed by atoms with Crippen molar-refractivity contribution < 1.29 is 19.3 Å². The Bertz CT molecular complexity index is 1630. The van der Waals surface area contributed by atoms with Crippen LogP contribution in [-0.4, -0.2) is 81.6 Å². The largest absolute Gasteiger partial charge is 0.508 e. The number of nitrogens with one attached hydrogen (secondary N) is 1. The summed E-state index contributed by atoms with van der Waals surface area (Å²) in [6.45, 7) is 3.92. The molecule has 5 aliphatic rings. The third kappa shape index (κ3) is 4.26. The normalized spacial score (nSPS) is 25.8. The van der Waals surface area contributed by atoms with Crippen molar-refractivity contribution in [1.82, 2.24) is 20.2 Å². The number of ether oxygens (including phenoxy) is 1. The third-order valence-corrected chi connectivity index (χ3v) is 11.0. The number of rotatable bonds is 6. The van der Waals surface area contributed by atoms with Gasteiger partial charge in [0.1, 0.15) is 23.7 Å². The van der Waals surface area contributed by atoms with Crippen LogP contribution in [-0.2, 0) is 6.42 Å². The molecule has 2 atom stereocenters. The Morgan fingerprint density at radius 1 is 1.12 bits per heavy atom. The summed E-state index contributed by atoms with van der Waals surface area (Å²) >= 11 is 6.93. The minimum Gasteiger partial charge on any atom is -0.508 e. The summed E-state index contributed by atoms with van der Waals surface area (Å²) in [6, 6.07) is 5.31. The maximum absolute atomic E-state index is 17.0. The number of aromatic nitrogens is 2. The fourth-order valence-electron chi connectivity index (χ4n) is 8.58. The van der Waals surface area contributed by atoms with Gasteiger partial charge in [-0.3, -0.25) is 4.90 Å². The minimum absolute atomic E-state index is 0.0183. The number of aryl methyl sites for hydroxylation is 1.